The number of rotatable bonds is 7. The fraction of sp³-hybridized carbons (Fsp3) is 0.800. The van der Waals surface area contributed by atoms with Crippen LogP contribution in [-0.2, 0) is 11.2 Å². The molecule has 21 heavy (non-hydrogen) atoms. The Morgan fingerprint density at radius 2 is 2.10 bits per heavy atom. The molecule has 1 amide bonds. The highest BCUT2D eigenvalue weighted by atomic mass is 32.1. The zero-order valence-electron chi connectivity index (χ0n) is 12.9. The molecule has 3 N–H and O–H groups in total. The minimum atomic E-state index is -0.00192. The molecule has 0 aromatic carbocycles. The van der Waals surface area contributed by atoms with Gasteiger partial charge < -0.3 is 11.1 Å². The molecule has 1 fully saturated rings. The number of anilines is 1. The molecule has 0 aliphatic heterocycles. The Kier molecular flexibility index (Phi) is 6.11. The minimum absolute atomic E-state index is 0.00192. The van der Waals surface area contributed by atoms with E-state index in [9.17, 15) is 4.79 Å². The van der Waals surface area contributed by atoms with Crippen LogP contribution >= 0.6 is 11.3 Å². The van der Waals surface area contributed by atoms with Crippen LogP contribution in [0.4, 0.5) is 5.13 Å². The van der Waals surface area contributed by atoms with Crippen molar-refractivity contribution in [3.8, 4) is 0 Å². The summed E-state index contributed by atoms with van der Waals surface area (Å²) in [6.45, 7) is 2.75. The Labute approximate surface area is 130 Å². The Bertz CT molecular complexity index is 454. The van der Waals surface area contributed by atoms with Gasteiger partial charge >= 0.3 is 0 Å². The number of carbonyl (C=O) groups is 1. The third-order valence-corrected chi connectivity index (χ3v) is 5.24. The Morgan fingerprint density at radius 1 is 1.33 bits per heavy atom. The van der Waals surface area contributed by atoms with Crippen LogP contribution in [0.3, 0.4) is 0 Å². The monoisotopic (exact) mass is 310 g/mol. The lowest BCUT2D eigenvalue weighted by molar-refractivity contribution is -0.118. The number of hydrogen-bond acceptors (Lipinski definition) is 5. The molecule has 2 rings (SSSR count). The van der Waals surface area contributed by atoms with Gasteiger partial charge in [-0.3, -0.25) is 4.79 Å². The van der Waals surface area contributed by atoms with E-state index in [1.165, 1.54) is 30.6 Å². The highest BCUT2D eigenvalue weighted by Gasteiger charge is 2.33. The summed E-state index contributed by atoms with van der Waals surface area (Å²) in [5.74, 6) is 0.0283. The summed E-state index contributed by atoms with van der Waals surface area (Å²) in [6.07, 6.45) is 9.46. The van der Waals surface area contributed by atoms with Crippen LogP contribution < -0.4 is 11.1 Å². The second-order valence-electron chi connectivity index (χ2n) is 6.09. The molecule has 1 aliphatic carbocycles. The summed E-state index contributed by atoms with van der Waals surface area (Å²) in [4.78, 5) is 12.2. The number of aryl methyl sites for hydroxylation is 1. The first kappa shape index (κ1) is 16.4. The lowest BCUT2D eigenvalue weighted by Gasteiger charge is -2.35. The zero-order chi connectivity index (χ0) is 15.1. The molecule has 1 aromatic rings. The number of nitrogens with zero attached hydrogens (tertiary/aromatic N) is 2. The number of aromatic nitrogens is 2. The minimum Gasteiger partial charge on any atom is -0.330 e. The maximum atomic E-state index is 12.2. The van der Waals surface area contributed by atoms with Gasteiger partial charge in [-0.2, -0.15) is 0 Å². The van der Waals surface area contributed by atoms with Crippen LogP contribution in [-0.4, -0.2) is 22.6 Å². The number of hydrogen-bond donors (Lipinski definition) is 2. The van der Waals surface area contributed by atoms with Crippen LogP contribution in [0.1, 0.15) is 63.3 Å². The molecule has 1 aromatic heterocycles. The molecule has 0 saturated heterocycles. The second kappa shape index (κ2) is 7.84. The first-order valence-corrected chi connectivity index (χ1v) is 8.81. The maximum Gasteiger partial charge on any atom is 0.226 e. The van der Waals surface area contributed by atoms with E-state index >= 15 is 0 Å². The van der Waals surface area contributed by atoms with E-state index in [4.69, 9.17) is 5.73 Å². The van der Waals surface area contributed by atoms with Gasteiger partial charge in [0.2, 0.25) is 11.0 Å². The van der Waals surface area contributed by atoms with E-state index in [0.29, 0.717) is 18.1 Å². The van der Waals surface area contributed by atoms with Crippen molar-refractivity contribution in [2.75, 3.05) is 11.9 Å². The average molecular weight is 310 g/mol. The van der Waals surface area contributed by atoms with Gasteiger partial charge in [0.1, 0.15) is 5.01 Å². The Balaban J connectivity index is 1.87. The first-order valence-electron chi connectivity index (χ1n) is 8.00. The summed E-state index contributed by atoms with van der Waals surface area (Å²) in [7, 11) is 0. The van der Waals surface area contributed by atoms with Crippen LogP contribution in [0, 0.1) is 5.41 Å². The highest BCUT2D eigenvalue weighted by Crippen LogP contribution is 2.38. The molecule has 0 unspecified atom stereocenters. The SMILES string of the molecule is CCCCc1nnc(NC(=O)CC2(CN)CCCCC2)s1. The molecule has 1 heterocycles. The lowest BCUT2D eigenvalue weighted by Crippen LogP contribution is -2.36. The highest BCUT2D eigenvalue weighted by molar-refractivity contribution is 7.15. The van der Waals surface area contributed by atoms with Gasteiger partial charge in [-0.25, -0.2) is 0 Å². The molecular weight excluding hydrogens is 284 g/mol. The molecule has 0 radical (unpaired) electrons. The van der Waals surface area contributed by atoms with Gasteiger partial charge in [0.05, 0.1) is 0 Å². The second-order valence-corrected chi connectivity index (χ2v) is 7.16. The maximum absolute atomic E-state index is 12.2. The zero-order valence-corrected chi connectivity index (χ0v) is 13.7. The van der Waals surface area contributed by atoms with E-state index in [-0.39, 0.29) is 11.3 Å². The standard InChI is InChI=1S/C15H26N4OS/c1-2-3-7-13-18-19-14(21-13)17-12(20)10-15(11-16)8-5-4-6-9-15/h2-11,16H2,1H3,(H,17,19,20). The van der Waals surface area contributed by atoms with E-state index < -0.39 is 0 Å². The number of nitrogens with one attached hydrogen (secondary N) is 1. The first-order chi connectivity index (χ1) is 10.2. The number of nitrogens with two attached hydrogens (primary N) is 1. The third kappa shape index (κ3) is 4.74. The quantitative estimate of drug-likeness (QED) is 0.811. The molecule has 0 atom stereocenters. The van der Waals surface area contributed by atoms with Gasteiger partial charge in [0, 0.05) is 12.8 Å². The van der Waals surface area contributed by atoms with Crippen LogP contribution in [0.25, 0.3) is 0 Å². The van der Waals surface area contributed by atoms with Crippen LogP contribution in [0.5, 0.6) is 0 Å². The summed E-state index contributed by atoms with van der Waals surface area (Å²) >= 11 is 1.48. The topological polar surface area (TPSA) is 80.9 Å². The van der Waals surface area contributed by atoms with Crippen molar-refractivity contribution in [2.45, 2.75) is 64.7 Å². The van der Waals surface area contributed by atoms with Crippen molar-refractivity contribution in [3.05, 3.63) is 5.01 Å². The molecule has 6 heteroatoms. The molecule has 1 aliphatic rings. The van der Waals surface area contributed by atoms with Crippen molar-refractivity contribution in [1.82, 2.24) is 10.2 Å². The van der Waals surface area contributed by atoms with Gasteiger partial charge in [0.15, 0.2) is 0 Å². The van der Waals surface area contributed by atoms with E-state index in [2.05, 4.69) is 22.4 Å². The lowest BCUT2D eigenvalue weighted by atomic mass is 9.72. The fourth-order valence-electron chi connectivity index (χ4n) is 2.99. The van der Waals surface area contributed by atoms with Crippen molar-refractivity contribution in [3.63, 3.8) is 0 Å². The normalized spacial score (nSPS) is 17.6. The van der Waals surface area contributed by atoms with E-state index in [1.807, 2.05) is 0 Å². The summed E-state index contributed by atoms with van der Waals surface area (Å²) in [6, 6.07) is 0. The smallest absolute Gasteiger partial charge is 0.226 e. The van der Waals surface area contributed by atoms with Crippen molar-refractivity contribution in [2.24, 2.45) is 11.1 Å². The Morgan fingerprint density at radius 3 is 2.76 bits per heavy atom. The van der Waals surface area contributed by atoms with E-state index in [0.717, 1.165) is 37.1 Å². The van der Waals surface area contributed by atoms with Crippen molar-refractivity contribution < 1.29 is 4.79 Å². The van der Waals surface area contributed by atoms with Gasteiger partial charge in [-0.1, -0.05) is 43.9 Å². The van der Waals surface area contributed by atoms with Gasteiger partial charge in [-0.05, 0) is 31.2 Å². The molecular formula is C15H26N4OS. The molecule has 0 spiro atoms. The van der Waals surface area contributed by atoms with Gasteiger partial charge in [-0.15, -0.1) is 10.2 Å². The number of carbonyl (C=O) groups excluding carboxylic acids is 1. The predicted molar refractivity (Wildman–Crippen MR) is 86.3 cm³/mol. The van der Waals surface area contributed by atoms with Crippen LogP contribution in [0.2, 0.25) is 0 Å². The summed E-state index contributed by atoms with van der Waals surface area (Å²) in [5, 5.41) is 12.7. The third-order valence-electron chi connectivity index (χ3n) is 4.34. The molecule has 118 valence electrons. The molecule has 0 bridgehead atoms. The predicted octanol–water partition coefficient (Wildman–Crippen LogP) is 3.12. The molecule has 5 nitrogen and oxygen atoms in total. The molecule has 1 saturated carbocycles. The summed E-state index contributed by atoms with van der Waals surface area (Å²) < 4.78 is 0. The van der Waals surface area contributed by atoms with Crippen molar-refractivity contribution >= 4 is 22.4 Å². The fourth-order valence-corrected chi connectivity index (χ4v) is 3.79. The number of unbranched alkanes of at least 4 members (excludes halogenated alkanes) is 1. The van der Waals surface area contributed by atoms with E-state index in [1.54, 1.807) is 0 Å². The van der Waals surface area contributed by atoms with Gasteiger partial charge in [0.25, 0.3) is 0 Å². The largest absolute Gasteiger partial charge is 0.330 e. The van der Waals surface area contributed by atoms with Crippen LogP contribution in [0.15, 0.2) is 0 Å². The average Bonchev–Trinajstić information content (AvgIpc) is 2.93. The summed E-state index contributed by atoms with van der Waals surface area (Å²) in [5.41, 5.74) is 5.93. The number of amides is 1. The van der Waals surface area contributed by atoms with Crippen molar-refractivity contribution in [1.29, 1.82) is 0 Å². The Hall–Kier alpha value is -1.01.